The van der Waals surface area contributed by atoms with Gasteiger partial charge in [-0.2, -0.15) is 13.2 Å². The second kappa shape index (κ2) is 7.86. The summed E-state index contributed by atoms with van der Waals surface area (Å²) in [5.74, 6) is -2.37. The Balaban J connectivity index is 1.98. The number of halogens is 4. The molecule has 0 spiro atoms. The number of allylic oxidation sites excluding steroid dienone is 2. The highest BCUT2D eigenvalue weighted by molar-refractivity contribution is 8.01. The van der Waals surface area contributed by atoms with Gasteiger partial charge < -0.3 is 14.7 Å². The normalized spacial score (nSPS) is 19.4. The number of methoxy groups -OCH3 is 1. The highest BCUT2D eigenvalue weighted by Crippen LogP contribution is 2.44. The zero-order valence-electron chi connectivity index (χ0n) is 15.2. The molecule has 1 aliphatic carbocycles. The number of ether oxygens (including phenoxy) is 1. The first kappa shape index (κ1) is 21.4. The molecule has 1 aromatic rings. The molecular weight excluding hydrogens is 434 g/mol. The SMILES string of the molecule is COC1=C(F)CC2C(=C1)C(CC(=O)O)=C(C)N2C(=O)c1csc(SC(F)(F)F)c1. The lowest BCUT2D eigenvalue weighted by atomic mass is 9.92. The zero-order valence-corrected chi connectivity index (χ0v) is 16.8. The van der Waals surface area contributed by atoms with Gasteiger partial charge in [-0.05, 0) is 42.0 Å². The molecule has 156 valence electrons. The van der Waals surface area contributed by atoms with Gasteiger partial charge in [0.15, 0.2) is 5.76 Å². The number of thioether (sulfide) groups is 1. The predicted molar refractivity (Wildman–Crippen MR) is 99.0 cm³/mol. The van der Waals surface area contributed by atoms with Crippen molar-refractivity contribution in [3.05, 3.63) is 51.5 Å². The van der Waals surface area contributed by atoms with E-state index in [4.69, 9.17) is 4.74 Å². The van der Waals surface area contributed by atoms with Crippen molar-refractivity contribution < 1.29 is 37.0 Å². The summed E-state index contributed by atoms with van der Waals surface area (Å²) in [7, 11) is 1.28. The predicted octanol–water partition coefficient (Wildman–Crippen LogP) is 5.09. The zero-order chi connectivity index (χ0) is 21.5. The summed E-state index contributed by atoms with van der Waals surface area (Å²) in [4.78, 5) is 25.6. The van der Waals surface area contributed by atoms with E-state index in [0.29, 0.717) is 16.8 Å². The molecule has 5 nitrogen and oxygen atoms in total. The minimum Gasteiger partial charge on any atom is -0.494 e. The number of carboxylic acids is 1. The second-order valence-corrected chi connectivity index (χ2v) is 8.58. The van der Waals surface area contributed by atoms with E-state index in [1.54, 1.807) is 0 Å². The maximum atomic E-state index is 14.3. The number of hydrogen-bond acceptors (Lipinski definition) is 5. The van der Waals surface area contributed by atoms with Crippen LogP contribution >= 0.6 is 23.1 Å². The van der Waals surface area contributed by atoms with Crippen molar-refractivity contribution >= 4 is 35.0 Å². The summed E-state index contributed by atoms with van der Waals surface area (Å²) in [5.41, 5.74) is -3.31. The quantitative estimate of drug-likeness (QED) is 0.501. The van der Waals surface area contributed by atoms with E-state index in [-0.39, 0.29) is 40.1 Å². The van der Waals surface area contributed by atoms with Crippen molar-refractivity contribution in [1.82, 2.24) is 4.90 Å². The number of nitrogens with zero attached hydrogens (tertiary/aromatic N) is 1. The highest BCUT2D eigenvalue weighted by Gasteiger charge is 2.42. The van der Waals surface area contributed by atoms with Crippen LogP contribution in [0.3, 0.4) is 0 Å². The molecule has 0 fully saturated rings. The van der Waals surface area contributed by atoms with Gasteiger partial charge >= 0.3 is 11.5 Å². The Bertz CT molecular complexity index is 961. The van der Waals surface area contributed by atoms with Gasteiger partial charge in [-0.25, -0.2) is 4.39 Å². The van der Waals surface area contributed by atoms with Crippen LogP contribution in [0.5, 0.6) is 0 Å². The molecule has 0 radical (unpaired) electrons. The summed E-state index contributed by atoms with van der Waals surface area (Å²) >= 11 is 0.458. The van der Waals surface area contributed by atoms with Crippen molar-refractivity contribution in [2.75, 3.05) is 7.11 Å². The van der Waals surface area contributed by atoms with Gasteiger partial charge in [0.05, 0.1) is 29.3 Å². The molecule has 3 rings (SSSR count). The molecule has 29 heavy (non-hydrogen) atoms. The first-order chi connectivity index (χ1) is 13.5. The summed E-state index contributed by atoms with van der Waals surface area (Å²) in [6.07, 6.45) is 0.780. The van der Waals surface area contributed by atoms with Gasteiger partial charge in [-0.1, -0.05) is 0 Å². The molecule has 1 atom stereocenters. The van der Waals surface area contributed by atoms with Crippen LogP contribution < -0.4 is 0 Å². The van der Waals surface area contributed by atoms with Crippen LogP contribution in [0.25, 0.3) is 0 Å². The van der Waals surface area contributed by atoms with Crippen molar-refractivity contribution in [2.24, 2.45) is 0 Å². The average molecular weight is 449 g/mol. The van der Waals surface area contributed by atoms with Crippen molar-refractivity contribution in [3.8, 4) is 0 Å². The van der Waals surface area contributed by atoms with E-state index in [2.05, 4.69) is 0 Å². The van der Waals surface area contributed by atoms with Gasteiger partial charge in [0.2, 0.25) is 0 Å². The van der Waals surface area contributed by atoms with E-state index < -0.39 is 29.3 Å². The van der Waals surface area contributed by atoms with Crippen LogP contribution in [0.15, 0.2) is 50.2 Å². The largest absolute Gasteiger partial charge is 0.494 e. The third-order valence-corrected chi connectivity index (χ3v) is 6.36. The first-order valence-corrected chi connectivity index (χ1v) is 9.95. The maximum absolute atomic E-state index is 14.3. The van der Waals surface area contributed by atoms with Crippen molar-refractivity contribution in [2.45, 2.75) is 35.5 Å². The summed E-state index contributed by atoms with van der Waals surface area (Å²) in [6, 6.07) is 0.349. The standard InChI is InChI=1S/C18H15F4NO4S2/c1-8-10(5-15(24)25)11-4-14(27-2)12(19)6-13(11)23(8)17(26)9-3-16(28-7-9)29-18(20,21)22/h3-4,7,13H,5-6H2,1-2H3,(H,24,25). The molecule has 1 aliphatic heterocycles. The highest BCUT2D eigenvalue weighted by atomic mass is 32.2. The fraction of sp³-hybridized carbons (Fsp3) is 0.333. The molecule has 1 amide bonds. The second-order valence-electron chi connectivity index (χ2n) is 6.30. The lowest BCUT2D eigenvalue weighted by molar-refractivity contribution is -0.136. The molecule has 1 unspecified atom stereocenters. The topological polar surface area (TPSA) is 66.8 Å². The van der Waals surface area contributed by atoms with Gasteiger partial charge in [0, 0.05) is 17.5 Å². The van der Waals surface area contributed by atoms with E-state index in [0.717, 1.165) is 17.4 Å². The van der Waals surface area contributed by atoms with Gasteiger partial charge in [0.1, 0.15) is 5.83 Å². The summed E-state index contributed by atoms with van der Waals surface area (Å²) in [5, 5.41) is 10.5. The Kier molecular flexibility index (Phi) is 5.81. The molecule has 2 aliphatic rings. The van der Waals surface area contributed by atoms with Crippen LogP contribution in [-0.4, -0.2) is 40.5 Å². The Labute approximate surface area is 171 Å². The fourth-order valence-corrected chi connectivity index (χ4v) is 5.02. The smallest absolute Gasteiger partial charge is 0.447 e. The number of amides is 1. The minimum absolute atomic E-state index is 0.0268. The minimum atomic E-state index is -4.48. The van der Waals surface area contributed by atoms with Crippen LogP contribution in [0.1, 0.15) is 30.1 Å². The number of rotatable bonds is 5. The Morgan fingerprint density at radius 3 is 2.69 bits per heavy atom. The number of fused-ring (bicyclic) bond motifs is 1. The van der Waals surface area contributed by atoms with Crippen molar-refractivity contribution in [3.63, 3.8) is 0 Å². The van der Waals surface area contributed by atoms with E-state index in [9.17, 15) is 32.3 Å². The molecule has 1 N–H and O–H groups in total. The van der Waals surface area contributed by atoms with E-state index in [1.807, 2.05) is 0 Å². The molecule has 11 heteroatoms. The number of carboxylic acid groups (broad SMARTS) is 1. The van der Waals surface area contributed by atoms with Gasteiger partial charge in [-0.3, -0.25) is 9.59 Å². The number of aliphatic carboxylic acids is 1. The molecule has 2 heterocycles. The molecular formula is C18H15F4NO4S2. The van der Waals surface area contributed by atoms with Crippen LogP contribution in [-0.2, 0) is 9.53 Å². The summed E-state index contributed by atoms with van der Waals surface area (Å²) in [6.45, 7) is 1.54. The number of thiophene rings is 1. The summed E-state index contributed by atoms with van der Waals surface area (Å²) < 4.78 is 56.9. The van der Waals surface area contributed by atoms with Crippen LogP contribution in [0, 0.1) is 0 Å². The van der Waals surface area contributed by atoms with E-state index >= 15 is 0 Å². The van der Waals surface area contributed by atoms with Crippen molar-refractivity contribution in [1.29, 1.82) is 0 Å². The molecule has 0 bridgehead atoms. The molecule has 1 aromatic heterocycles. The number of carbonyl (C=O) groups is 2. The van der Waals surface area contributed by atoms with Gasteiger partial charge in [0.25, 0.3) is 5.91 Å². The molecule has 0 saturated carbocycles. The van der Waals surface area contributed by atoms with Crippen LogP contribution in [0.4, 0.5) is 17.6 Å². The monoisotopic (exact) mass is 449 g/mol. The third kappa shape index (κ3) is 4.35. The number of carbonyl (C=O) groups excluding carboxylic acids is 1. The third-order valence-electron chi connectivity index (χ3n) is 4.55. The number of alkyl halides is 3. The fourth-order valence-electron chi connectivity index (χ4n) is 3.38. The molecule has 0 saturated heterocycles. The lowest BCUT2D eigenvalue weighted by Gasteiger charge is -2.29. The molecule has 0 aromatic carbocycles. The number of hydrogen-bond donors (Lipinski definition) is 1. The van der Waals surface area contributed by atoms with Crippen LogP contribution in [0.2, 0.25) is 0 Å². The Morgan fingerprint density at radius 1 is 1.41 bits per heavy atom. The maximum Gasteiger partial charge on any atom is 0.447 e. The Hall–Kier alpha value is -2.27. The lowest BCUT2D eigenvalue weighted by Crippen LogP contribution is -2.37. The Morgan fingerprint density at radius 2 is 2.10 bits per heavy atom. The average Bonchev–Trinajstić information content (AvgIpc) is 3.15. The first-order valence-electron chi connectivity index (χ1n) is 8.25. The van der Waals surface area contributed by atoms with E-state index in [1.165, 1.54) is 30.4 Å². The van der Waals surface area contributed by atoms with Gasteiger partial charge in [-0.15, -0.1) is 11.3 Å².